The lowest BCUT2D eigenvalue weighted by Crippen LogP contribution is -2.37. The van der Waals surface area contributed by atoms with Gasteiger partial charge in [-0.1, -0.05) is 29.8 Å². The normalized spacial score (nSPS) is 20.4. The summed E-state index contributed by atoms with van der Waals surface area (Å²) >= 11 is 6.65. The predicted octanol–water partition coefficient (Wildman–Crippen LogP) is 3.42. The maximum Gasteiger partial charge on any atom is 0.160 e. The molecule has 0 unspecified atom stereocenters. The maximum atomic E-state index is 6.65. The summed E-state index contributed by atoms with van der Waals surface area (Å²) in [7, 11) is 0. The number of rotatable bonds is 4. The van der Waals surface area contributed by atoms with Gasteiger partial charge in [0.15, 0.2) is 6.29 Å². The number of para-hydroxylation sites is 1. The number of likely N-dealkylation sites (tertiary alicyclic amines) is 1. The standard InChI is InChI=1S/C19H24ClN3O2/c1-14-17(18(20)23(21-14)16-5-3-2-4-6-16)13-22-9-7-15(8-10-22)19-24-11-12-25-19/h2-6,15,19H,7-13H2,1H3. The van der Waals surface area contributed by atoms with Gasteiger partial charge in [-0.2, -0.15) is 5.10 Å². The van der Waals surface area contributed by atoms with Crippen LogP contribution >= 0.6 is 11.6 Å². The van der Waals surface area contributed by atoms with E-state index in [-0.39, 0.29) is 6.29 Å². The highest BCUT2D eigenvalue weighted by molar-refractivity contribution is 6.30. The average Bonchev–Trinajstić information content (AvgIpc) is 3.27. The molecule has 0 aliphatic carbocycles. The minimum absolute atomic E-state index is 0.00769. The predicted molar refractivity (Wildman–Crippen MR) is 97.0 cm³/mol. The molecule has 2 fully saturated rings. The summed E-state index contributed by atoms with van der Waals surface area (Å²) in [5.74, 6) is 0.516. The molecule has 0 saturated carbocycles. The number of aryl methyl sites for hydroxylation is 1. The molecule has 0 N–H and O–H groups in total. The molecule has 3 heterocycles. The third-order valence-corrected chi connectivity index (χ3v) is 5.56. The molecule has 0 spiro atoms. The van der Waals surface area contributed by atoms with Gasteiger partial charge in [0.05, 0.1) is 24.6 Å². The van der Waals surface area contributed by atoms with Crippen molar-refractivity contribution in [1.82, 2.24) is 14.7 Å². The van der Waals surface area contributed by atoms with E-state index >= 15 is 0 Å². The summed E-state index contributed by atoms with van der Waals surface area (Å²) < 4.78 is 13.2. The van der Waals surface area contributed by atoms with Crippen LogP contribution in [0, 0.1) is 12.8 Å². The van der Waals surface area contributed by atoms with Gasteiger partial charge in [0.25, 0.3) is 0 Å². The van der Waals surface area contributed by atoms with Crippen LogP contribution in [0.25, 0.3) is 5.69 Å². The van der Waals surface area contributed by atoms with Crippen LogP contribution in [0.15, 0.2) is 30.3 Å². The first-order valence-corrected chi connectivity index (χ1v) is 9.35. The Morgan fingerprint density at radius 1 is 1.12 bits per heavy atom. The van der Waals surface area contributed by atoms with Crippen LogP contribution < -0.4 is 0 Å². The Balaban J connectivity index is 1.42. The van der Waals surface area contributed by atoms with Crippen molar-refractivity contribution < 1.29 is 9.47 Å². The zero-order chi connectivity index (χ0) is 17.2. The lowest BCUT2D eigenvalue weighted by molar-refractivity contribution is -0.0978. The number of ether oxygens (including phenoxy) is 2. The zero-order valence-electron chi connectivity index (χ0n) is 14.5. The first-order valence-electron chi connectivity index (χ1n) is 8.97. The highest BCUT2D eigenvalue weighted by Crippen LogP contribution is 2.29. The Bertz CT molecular complexity index is 705. The molecule has 0 bridgehead atoms. The first-order chi connectivity index (χ1) is 12.2. The van der Waals surface area contributed by atoms with Gasteiger partial charge >= 0.3 is 0 Å². The number of aromatic nitrogens is 2. The maximum absolute atomic E-state index is 6.65. The lowest BCUT2D eigenvalue weighted by Gasteiger charge is -2.33. The van der Waals surface area contributed by atoms with Gasteiger partial charge in [0.2, 0.25) is 0 Å². The van der Waals surface area contributed by atoms with E-state index in [0.717, 1.165) is 62.6 Å². The summed E-state index contributed by atoms with van der Waals surface area (Å²) in [5, 5.41) is 5.36. The Morgan fingerprint density at radius 2 is 1.80 bits per heavy atom. The number of benzene rings is 1. The van der Waals surface area contributed by atoms with Crippen LogP contribution in [0.1, 0.15) is 24.1 Å². The molecular formula is C19H24ClN3O2. The quantitative estimate of drug-likeness (QED) is 0.836. The molecule has 1 aromatic heterocycles. The SMILES string of the molecule is Cc1nn(-c2ccccc2)c(Cl)c1CN1CCC(C2OCCO2)CC1. The lowest BCUT2D eigenvalue weighted by atomic mass is 9.96. The summed E-state index contributed by atoms with van der Waals surface area (Å²) in [6.07, 6.45) is 2.22. The number of hydrogen-bond donors (Lipinski definition) is 0. The Hall–Kier alpha value is -1.40. The smallest absolute Gasteiger partial charge is 0.160 e. The summed E-state index contributed by atoms with van der Waals surface area (Å²) in [5.41, 5.74) is 3.12. The molecule has 2 aliphatic rings. The van der Waals surface area contributed by atoms with Crippen LogP contribution in [-0.2, 0) is 16.0 Å². The highest BCUT2D eigenvalue weighted by atomic mass is 35.5. The van der Waals surface area contributed by atoms with Crippen LogP contribution in [-0.4, -0.2) is 47.3 Å². The average molecular weight is 362 g/mol. The van der Waals surface area contributed by atoms with E-state index < -0.39 is 0 Å². The summed E-state index contributed by atoms with van der Waals surface area (Å²) in [6.45, 7) is 6.43. The van der Waals surface area contributed by atoms with E-state index in [1.165, 1.54) is 0 Å². The molecule has 1 aromatic carbocycles. The number of nitrogens with zero attached hydrogens (tertiary/aromatic N) is 3. The van der Waals surface area contributed by atoms with Gasteiger partial charge in [-0.25, -0.2) is 4.68 Å². The van der Waals surface area contributed by atoms with E-state index in [4.69, 9.17) is 21.1 Å². The Labute approximate surface area is 153 Å². The van der Waals surface area contributed by atoms with Gasteiger partial charge in [-0.05, 0) is 45.0 Å². The van der Waals surface area contributed by atoms with Crippen molar-refractivity contribution in [3.63, 3.8) is 0 Å². The van der Waals surface area contributed by atoms with E-state index in [9.17, 15) is 0 Å². The van der Waals surface area contributed by atoms with Gasteiger partial charge in [-0.3, -0.25) is 4.90 Å². The largest absolute Gasteiger partial charge is 0.350 e. The van der Waals surface area contributed by atoms with Crippen molar-refractivity contribution >= 4 is 11.6 Å². The van der Waals surface area contributed by atoms with Gasteiger partial charge in [-0.15, -0.1) is 0 Å². The van der Waals surface area contributed by atoms with Crippen molar-refractivity contribution in [3.05, 3.63) is 46.7 Å². The van der Waals surface area contributed by atoms with Crippen molar-refractivity contribution in [2.75, 3.05) is 26.3 Å². The third-order valence-electron chi connectivity index (χ3n) is 5.17. The molecule has 4 rings (SSSR count). The number of piperidine rings is 1. The van der Waals surface area contributed by atoms with Crippen molar-refractivity contribution in [3.8, 4) is 5.69 Å². The summed E-state index contributed by atoms with van der Waals surface area (Å²) in [6, 6.07) is 10.0. The Morgan fingerprint density at radius 3 is 2.48 bits per heavy atom. The second kappa shape index (κ2) is 7.46. The number of hydrogen-bond acceptors (Lipinski definition) is 4. The van der Waals surface area contributed by atoms with Gasteiger partial charge in [0, 0.05) is 18.0 Å². The molecule has 2 saturated heterocycles. The minimum Gasteiger partial charge on any atom is -0.350 e. The molecule has 6 heteroatoms. The van der Waals surface area contributed by atoms with Gasteiger partial charge < -0.3 is 9.47 Å². The van der Waals surface area contributed by atoms with Crippen molar-refractivity contribution in [1.29, 1.82) is 0 Å². The van der Waals surface area contributed by atoms with Crippen LogP contribution in [0.5, 0.6) is 0 Å². The second-order valence-corrected chi connectivity index (χ2v) is 7.18. The first kappa shape index (κ1) is 17.0. The zero-order valence-corrected chi connectivity index (χ0v) is 15.3. The molecule has 25 heavy (non-hydrogen) atoms. The molecule has 0 amide bonds. The van der Waals surface area contributed by atoms with Gasteiger partial charge in [0.1, 0.15) is 5.15 Å². The molecule has 134 valence electrons. The third kappa shape index (κ3) is 3.60. The second-order valence-electron chi connectivity index (χ2n) is 6.83. The van der Waals surface area contributed by atoms with Crippen LogP contribution in [0.2, 0.25) is 5.15 Å². The highest BCUT2D eigenvalue weighted by Gasteiger charge is 2.31. The molecule has 0 radical (unpaired) electrons. The van der Waals surface area contributed by atoms with Crippen molar-refractivity contribution in [2.45, 2.75) is 32.6 Å². The molecular weight excluding hydrogens is 338 g/mol. The fourth-order valence-corrected chi connectivity index (χ4v) is 4.04. The Kier molecular flexibility index (Phi) is 5.08. The molecule has 5 nitrogen and oxygen atoms in total. The van der Waals surface area contributed by atoms with Crippen LogP contribution in [0.4, 0.5) is 0 Å². The molecule has 2 aliphatic heterocycles. The monoisotopic (exact) mass is 361 g/mol. The molecule has 2 aromatic rings. The fraction of sp³-hybridized carbons (Fsp3) is 0.526. The van der Waals surface area contributed by atoms with Crippen LogP contribution in [0.3, 0.4) is 0 Å². The van der Waals surface area contributed by atoms with E-state index in [1.807, 2.05) is 41.9 Å². The summed E-state index contributed by atoms with van der Waals surface area (Å²) in [4.78, 5) is 2.46. The minimum atomic E-state index is 0.00769. The number of halogens is 1. The van der Waals surface area contributed by atoms with Crippen molar-refractivity contribution in [2.24, 2.45) is 5.92 Å². The molecule has 0 atom stereocenters. The topological polar surface area (TPSA) is 39.5 Å². The van der Waals surface area contributed by atoms with E-state index in [2.05, 4.69) is 10.00 Å². The van der Waals surface area contributed by atoms with E-state index in [0.29, 0.717) is 11.1 Å². The van der Waals surface area contributed by atoms with E-state index in [1.54, 1.807) is 0 Å². The fourth-order valence-electron chi connectivity index (χ4n) is 3.71.